The quantitative estimate of drug-likeness (QED) is 0.754. The van der Waals surface area contributed by atoms with E-state index in [0.29, 0.717) is 0 Å². The summed E-state index contributed by atoms with van der Waals surface area (Å²) in [5.41, 5.74) is -2.71. The summed E-state index contributed by atoms with van der Waals surface area (Å²) in [7, 11) is 0. The monoisotopic (exact) mass is 250 g/mol. The molecule has 7 heteroatoms. The molecule has 0 saturated carbocycles. The third kappa shape index (κ3) is 2.90. The van der Waals surface area contributed by atoms with Gasteiger partial charge >= 0.3 is 6.18 Å². The lowest BCUT2D eigenvalue weighted by Crippen LogP contribution is -2.15. The van der Waals surface area contributed by atoms with E-state index in [2.05, 4.69) is 4.98 Å². The smallest absolute Gasteiger partial charge is 0.242 e. The topological polar surface area (TPSA) is 36.7 Å². The Kier molecular flexibility index (Phi) is 3.66. The average molecular weight is 250 g/mol. The summed E-state index contributed by atoms with van der Waals surface area (Å²) in [6.07, 6.45) is -8.44. The van der Waals surface area contributed by atoms with E-state index in [-0.39, 0.29) is 11.1 Å². The molecule has 0 saturated heterocycles. The summed E-state index contributed by atoms with van der Waals surface area (Å²) in [6, 6.07) is 2.43. The highest BCUT2D eigenvalue weighted by molar-refractivity contribution is 5.35. The second-order valence-electron chi connectivity index (χ2n) is 3.32. The van der Waals surface area contributed by atoms with Crippen LogP contribution >= 0.6 is 0 Å². The number of hydrogen-bond donors (Lipinski definition) is 0. The van der Waals surface area contributed by atoms with Gasteiger partial charge in [0.2, 0.25) is 0 Å². The zero-order chi connectivity index (χ0) is 13.2. The highest BCUT2D eigenvalue weighted by Gasteiger charge is 2.37. The maximum absolute atomic E-state index is 12.6. The highest BCUT2D eigenvalue weighted by Crippen LogP contribution is 2.34. The minimum absolute atomic E-state index is 0.0100. The van der Waals surface area contributed by atoms with Crippen LogP contribution in [0, 0.1) is 18.3 Å². The molecule has 1 aromatic heterocycles. The molecule has 1 aromatic rings. The van der Waals surface area contributed by atoms with E-state index in [0.717, 1.165) is 6.07 Å². The fraction of sp³-hybridized carbons (Fsp3) is 0.400. The van der Waals surface area contributed by atoms with Crippen molar-refractivity contribution in [2.75, 3.05) is 0 Å². The van der Waals surface area contributed by atoms with Crippen molar-refractivity contribution < 1.29 is 22.0 Å². The van der Waals surface area contributed by atoms with E-state index in [1.165, 1.54) is 6.92 Å². The van der Waals surface area contributed by atoms with Gasteiger partial charge in [-0.1, -0.05) is 0 Å². The zero-order valence-electron chi connectivity index (χ0n) is 8.65. The van der Waals surface area contributed by atoms with E-state index < -0.39 is 30.4 Å². The third-order valence-corrected chi connectivity index (χ3v) is 2.12. The number of halogens is 5. The first kappa shape index (κ1) is 13.4. The fourth-order valence-corrected chi connectivity index (χ4v) is 1.37. The Labute approximate surface area is 93.7 Å². The largest absolute Gasteiger partial charge is 0.433 e. The number of nitrogens with zero attached hydrogens (tertiary/aromatic N) is 2. The molecule has 0 N–H and O–H groups in total. The zero-order valence-corrected chi connectivity index (χ0v) is 8.65. The first-order valence-electron chi connectivity index (χ1n) is 4.50. The van der Waals surface area contributed by atoms with E-state index in [1.807, 2.05) is 0 Å². The van der Waals surface area contributed by atoms with E-state index in [1.54, 1.807) is 6.07 Å². The Bertz CT molecular complexity index is 459. The SMILES string of the molecule is Cc1cc(C(F)F)nc(C(F)(F)F)c1CC#N. The molecule has 0 aromatic carbocycles. The molecule has 17 heavy (non-hydrogen) atoms. The van der Waals surface area contributed by atoms with Crippen molar-refractivity contribution in [3.05, 3.63) is 28.6 Å². The molecule has 0 aliphatic carbocycles. The Balaban J connectivity index is 3.46. The molecule has 0 spiro atoms. The van der Waals surface area contributed by atoms with Crippen molar-refractivity contribution in [2.45, 2.75) is 25.9 Å². The molecule has 1 rings (SSSR count). The van der Waals surface area contributed by atoms with Crippen molar-refractivity contribution in [3.8, 4) is 6.07 Å². The molecule has 0 radical (unpaired) electrons. The van der Waals surface area contributed by atoms with E-state index in [9.17, 15) is 22.0 Å². The van der Waals surface area contributed by atoms with Crippen LogP contribution in [0.2, 0.25) is 0 Å². The predicted molar refractivity (Wildman–Crippen MR) is 48.3 cm³/mol. The van der Waals surface area contributed by atoms with Crippen LogP contribution in [0.5, 0.6) is 0 Å². The average Bonchev–Trinajstić information content (AvgIpc) is 2.18. The predicted octanol–water partition coefficient (Wildman–Crippen LogP) is 3.41. The molecule has 0 aliphatic heterocycles. The summed E-state index contributed by atoms with van der Waals surface area (Å²) < 4.78 is 62.4. The molecule has 0 bridgehead atoms. The second-order valence-corrected chi connectivity index (χ2v) is 3.32. The molecule has 0 aliphatic rings. The van der Waals surface area contributed by atoms with E-state index in [4.69, 9.17) is 5.26 Å². The Hall–Kier alpha value is -1.71. The molecule has 1 heterocycles. The van der Waals surface area contributed by atoms with Crippen molar-refractivity contribution >= 4 is 0 Å². The minimum Gasteiger partial charge on any atom is -0.242 e. The summed E-state index contributed by atoms with van der Waals surface area (Å²) in [5.74, 6) is 0. The number of alkyl halides is 5. The standard InChI is InChI=1S/C10H7F5N2/c1-5-4-7(9(11)12)17-8(10(13,14)15)6(5)2-3-16/h4,9H,2H2,1H3. The van der Waals surface area contributed by atoms with Crippen LogP contribution in [0.4, 0.5) is 22.0 Å². The lowest BCUT2D eigenvalue weighted by atomic mass is 10.0. The first-order valence-corrected chi connectivity index (χ1v) is 4.50. The van der Waals surface area contributed by atoms with Crippen LogP contribution < -0.4 is 0 Å². The summed E-state index contributed by atoms with van der Waals surface area (Å²) in [6.45, 7) is 1.25. The summed E-state index contributed by atoms with van der Waals surface area (Å²) >= 11 is 0. The van der Waals surface area contributed by atoms with Gasteiger partial charge in [0.25, 0.3) is 6.43 Å². The first-order chi connectivity index (χ1) is 7.77. The van der Waals surface area contributed by atoms with Crippen molar-refractivity contribution in [1.29, 1.82) is 5.26 Å². The number of pyridine rings is 1. The third-order valence-electron chi connectivity index (χ3n) is 2.12. The lowest BCUT2D eigenvalue weighted by Gasteiger charge is -2.14. The normalized spacial score (nSPS) is 11.6. The van der Waals surface area contributed by atoms with Gasteiger partial charge in [0.05, 0.1) is 12.5 Å². The van der Waals surface area contributed by atoms with Crippen LogP contribution in [0.15, 0.2) is 6.07 Å². The van der Waals surface area contributed by atoms with Gasteiger partial charge in [-0.05, 0) is 24.1 Å². The van der Waals surface area contributed by atoms with Gasteiger partial charge < -0.3 is 0 Å². The van der Waals surface area contributed by atoms with Gasteiger partial charge in [-0.3, -0.25) is 0 Å². The van der Waals surface area contributed by atoms with Crippen molar-refractivity contribution in [1.82, 2.24) is 4.98 Å². The van der Waals surface area contributed by atoms with E-state index >= 15 is 0 Å². The van der Waals surface area contributed by atoms with Gasteiger partial charge in [0.1, 0.15) is 11.4 Å². The van der Waals surface area contributed by atoms with Gasteiger partial charge in [-0.25, -0.2) is 13.8 Å². The van der Waals surface area contributed by atoms with Crippen molar-refractivity contribution in [3.63, 3.8) is 0 Å². The fourth-order valence-electron chi connectivity index (χ4n) is 1.37. The molecule has 0 unspecified atom stereocenters. The summed E-state index contributed by atoms with van der Waals surface area (Å²) in [4.78, 5) is 2.90. The Morgan fingerprint density at radius 3 is 2.41 bits per heavy atom. The maximum Gasteiger partial charge on any atom is 0.433 e. The maximum atomic E-state index is 12.6. The van der Waals surface area contributed by atoms with Gasteiger partial charge in [-0.15, -0.1) is 0 Å². The number of hydrogen-bond acceptors (Lipinski definition) is 2. The summed E-state index contributed by atoms with van der Waals surface area (Å²) in [5, 5.41) is 8.42. The number of nitriles is 1. The molecule has 2 nitrogen and oxygen atoms in total. The minimum atomic E-state index is -4.85. The molecule has 0 atom stereocenters. The van der Waals surface area contributed by atoms with Crippen LogP contribution in [0.25, 0.3) is 0 Å². The Morgan fingerprint density at radius 2 is 2.00 bits per heavy atom. The van der Waals surface area contributed by atoms with Crippen LogP contribution in [-0.2, 0) is 12.6 Å². The van der Waals surface area contributed by atoms with Gasteiger partial charge in [-0.2, -0.15) is 18.4 Å². The second kappa shape index (κ2) is 4.65. The molecule has 0 fully saturated rings. The Morgan fingerprint density at radius 1 is 1.41 bits per heavy atom. The van der Waals surface area contributed by atoms with Gasteiger partial charge in [0, 0.05) is 0 Å². The van der Waals surface area contributed by atoms with Crippen LogP contribution in [-0.4, -0.2) is 4.98 Å². The molecule has 0 amide bonds. The van der Waals surface area contributed by atoms with Gasteiger partial charge in [0.15, 0.2) is 0 Å². The van der Waals surface area contributed by atoms with Crippen LogP contribution in [0.1, 0.15) is 28.9 Å². The molecule has 92 valence electrons. The lowest BCUT2D eigenvalue weighted by molar-refractivity contribution is -0.142. The molecular weight excluding hydrogens is 243 g/mol. The highest BCUT2D eigenvalue weighted by atomic mass is 19.4. The number of aromatic nitrogens is 1. The number of aryl methyl sites for hydroxylation is 1. The molecular formula is C10H7F5N2. The number of rotatable bonds is 2. The van der Waals surface area contributed by atoms with Crippen LogP contribution in [0.3, 0.4) is 0 Å². The van der Waals surface area contributed by atoms with Crippen molar-refractivity contribution in [2.24, 2.45) is 0 Å².